The van der Waals surface area contributed by atoms with Gasteiger partial charge in [-0.3, -0.25) is 4.79 Å². The predicted octanol–water partition coefficient (Wildman–Crippen LogP) is 3.07. The molecule has 178 valence electrons. The Kier molecular flexibility index (Phi) is 7.10. The highest BCUT2D eigenvalue weighted by molar-refractivity contribution is 7.89. The number of anilines is 1. The zero-order chi connectivity index (χ0) is 24.4. The summed E-state index contributed by atoms with van der Waals surface area (Å²) in [7, 11) is -2.87. The molecular formula is C21H21F3N2O6S. The Bertz CT molecular complexity index is 1180. The van der Waals surface area contributed by atoms with Crippen molar-refractivity contribution < 1.29 is 40.7 Å². The average molecular weight is 486 g/mol. The van der Waals surface area contributed by atoms with Gasteiger partial charge in [-0.1, -0.05) is 6.07 Å². The number of esters is 1. The number of methoxy groups -OCH3 is 1. The number of morpholine rings is 1. The molecule has 0 aromatic heterocycles. The van der Waals surface area contributed by atoms with Gasteiger partial charge in [-0.05, 0) is 42.8 Å². The smallest absolute Gasteiger partial charge is 0.416 e. The van der Waals surface area contributed by atoms with Crippen LogP contribution in [0, 0.1) is 6.92 Å². The number of aryl methyl sites for hydroxylation is 1. The molecule has 12 heteroatoms. The molecule has 1 heterocycles. The zero-order valence-corrected chi connectivity index (χ0v) is 18.5. The van der Waals surface area contributed by atoms with Gasteiger partial charge in [-0.15, -0.1) is 0 Å². The van der Waals surface area contributed by atoms with Gasteiger partial charge in [0.25, 0.3) is 5.91 Å². The molecule has 2 aromatic rings. The monoisotopic (exact) mass is 486 g/mol. The highest BCUT2D eigenvalue weighted by Crippen LogP contribution is 2.32. The third-order valence-corrected chi connectivity index (χ3v) is 6.90. The Hall–Kier alpha value is -2.96. The number of sulfonamides is 1. The predicted molar refractivity (Wildman–Crippen MR) is 111 cm³/mol. The van der Waals surface area contributed by atoms with Gasteiger partial charge in [-0.25, -0.2) is 13.2 Å². The summed E-state index contributed by atoms with van der Waals surface area (Å²) in [6, 6.07) is 6.30. The van der Waals surface area contributed by atoms with E-state index in [1.807, 2.05) is 0 Å². The summed E-state index contributed by atoms with van der Waals surface area (Å²) >= 11 is 0. The van der Waals surface area contributed by atoms with Crippen molar-refractivity contribution in [1.29, 1.82) is 0 Å². The molecule has 8 nitrogen and oxygen atoms in total. The van der Waals surface area contributed by atoms with Crippen LogP contribution in [0.3, 0.4) is 0 Å². The lowest BCUT2D eigenvalue weighted by Gasteiger charge is -2.26. The van der Waals surface area contributed by atoms with E-state index in [2.05, 4.69) is 10.1 Å². The number of carbonyl (C=O) groups is 2. The minimum absolute atomic E-state index is 0.0404. The van der Waals surface area contributed by atoms with E-state index in [9.17, 15) is 31.2 Å². The second kappa shape index (κ2) is 9.49. The van der Waals surface area contributed by atoms with E-state index < -0.39 is 39.2 Å². The van der Waals surface area contributed by atoms with Crippen LogP contribution in [0.1, 0.15) is 31.8 Å². The van der Waals surface area contributed by atoms with Crippen LogP contribution in [0.2, 0.25) is 0 Å². The lowest BCUT2D eigenvalue weighted by molar-refractivity contribution is -0.137. The van der Waals surface area contributed by atoms with Crippen molar-refractivity contribution in [2.24, 2.45) is 0 Å². The number of hydrogen-bond acceptors (Lipinski definition) is 6. The van der Waals surface area contributed by atoms with Crippen molar-refractivity contribution in [2.75, 3.05) is 38.7 Å². The Morgan fingerprint density at radius 2 is 1.76 bits per heavy atom. The van der Waals surface area contributed by atoms with Crippen LogP contribution in [0.15, 0.2) is 41.3 Å². The largest absolute Gasteiger partial charge is 0.465 e. The standard InChI is InChI=1S/C21H21F3N2O6S/c1-13-3-4-17(33(29,30)26-5-7-32-8-6-26)12-18(13)19(27)25-16-10-14(20(28)31-2)9-15(11-16)21(22,23)24/h3-4,9-12H,5-8H2,1-2H3,(H,25,27). The van der Waals surface area contributed by atoms with Gasteiger partial charge >= 0.3 is 12.1 Å². The topological polar surface area (TPSA) is 102 Å². The van der Waals surface area contributed by atoms with E-state index >= 15 is 0 Å². The van der Waals surface area contributed by atoms with E-state index in [1.165, 1.54) is 22.5 Å². The number of ether oxygens (including phenoxy) is 2. The number of nitrogens with one attached hydrogen (secondary N) is 1. The first kappa shape index (κ1) is 24.7. The van der Waals surface area contributed by atoms with Crippen LogP contribution in [0.4, 0.5) is 18.9 Å². The van der Waals surface area contributed by atoms with Crippen molar-refractivity contribution in [3.63, 3.8) is 0 Å². The maximum absolute atomic E-state index is 13.3. The van der Waals surface area contributed by atoms with Crippen molar-refractivity contribution in [2.45, 2.75) is 18.0 Å². The van der Waals surface area contributed by atoms with Gasteiger partial charge in [0, 0.05) is 24.3 Å². The molecular weight excluding hydrogens is 465 g/mol. The van der Waals surface area contributed by atoms with Crippen LogP contribution in [-0.4, -0.2) is 58.0 Å². The molecule has 1 amide bonds. The summed E-state index contributed by atoms with van der Waals surface area (Å²) in [6.45, 7) is 2.38. The zero-order valence-electron chi connectivity index (χ0n) is 17.7. The molecule has 1 saturated heterocycles. The van der Waals surface area contributed by atoms with Gasteiger partial charge in [0.05, 0.1) is 36.3 Å². The van der Waals surface area contributed by atoms with Crippen molar-refractivity contribution in [3.8, 4) is 0 Å². The fourth-order valence-electron chi connectivity index (χ4n) is 3.24. The van der Waals surface area contributed by atoms with E-state index in [0.29, 0.717) is 17.7 Å². The second-order valence-corrected chi connectivity index (χ2v) is 9.17. The first-order valence-electron chi connectivity index (χ1n) is 9.74. The van der Waals surface area contributed by atoms with Crippen molar-refractivity contribution in [3.05, 3.63) is 58.7 Å². The maximum atomic E-state index is 13.3. The number of nitrogens with zero attached hydrogens (tertiary/aromatic N) is 1. The molecule has 2 aromatic carbocycles. The number of benzene rings is 2. The molecule has 0 aliphatic carbocycles. The van der Waals surface area contributed by atoms with Crippen molar-refractivity contribution >= 4 is 27.6 Å². The van der Waals surface area contributed by atoms with E-state index in [0.717, 1.165) is 13.2 Å². The summed E-state index contributed by atoms with van der Waals surface area (Å²) in [5.74, 6) is -1.84. The SMILES string of the molecule is COC(=O)c1cc(NC(=O)c2cc(S(=O)(=O)N3CCOCC3)ccc2C)cc(C(F)(F)F)c1. The van der Waals surface area contributed by atoms with Gasteiger partial charge < -0.3 is 14.8 Å². The van der Waals surface area contributed by atoms with Crippen LogP contribution in [0.5, 0.6) is 0 Å². The third-order valence-electron chi connectivity index (χ3n) is 5.00. The average Bonchev–Trinajstić information content (AvgIpc) is 2.78. The first-order chi connectivity index (χ1) is 15.4. The number of rotatable bonds is 5. The van der Waals surface area contributed by atoms with Crippen LogP contribution in [-0.2, 0) is 25.7 Å². The Balaban J connectivity index is 1.95. The molecule has 0 spiro atoms. The minimum Gasteiger partial charge on any atom is -0.465 e. The van der Waals surface area contributed by atoms with Gasteiger partial charge in [-0.2, -0.15) is 17.5 Å². The molecule has 1 aliphatic heterocycles. The number of alkyl halides is 3. The van der Waals surface area contributed by atoms with Gasteiger partial charge in [0.2, 0.25) is 10.0 Å². The molecule has 0 bridgehead atoms. The van der Waals surface area contributed by atoms with E-state index in [1.54, 1.807) is 6.92 Å². The molecule has 0 radical (unpaired) electrons. The second-order valence-electron chi connectivity index (χ2n) is 7.24. The van der Waals surface area contributed by atoms with E-state index in [4.69, 9.17) is 4.74 Å². The number of halogens is 3. The van der Waals surface area contributed by atoms with Crippen molar-refractivity contribution in [1.82, 2.24) is 4.31 Å². The Labute approximate surface area is 188 Å². The quantitative estimate of drug-likeness (QED) is 0.652. The lowest BCUT2D eigenvalue weighted by Crippen LogP contribution is -2.40. The highest BCUT2D eigenvalue weighted by Gasteiger charge is 2.32. The van der Waals surface area contributed by atoms with Gasteiger partial charge in [0.15, 0.2) is 0 Å². The highest BCUT2D eigenvalue weighted by atomic mass is 32.2. The molecule has 1 aliphatic rings. The van der Waals surface area contributed by atoms with Crippen LogP contribution in [0.25, 0.3) is 0 Å². The molecule has 0 saturated carbocycles. The number of carbonyl (C=O) groups excluding carboxylic acids is 2. The molecule has 0 unspecified atom stereocenters. The molecule has 33 heavy (non-hydrogen) atoms. The molecule has 1 fully saturated rings. The minimum atomic E-state index is -4.77. The Morgan fingerprint density at radius 3 is 2.36 bits per heavy atom. The Morgan fingerprint density at radius 1 is 1.09 bits per heavy atom. The number of hydrogen-bond donors (Lipinski definition) is 1. The lowest BCUT2D eigenvalue weighted by atomic mass is 10.1. The van der Waals surface area contributed by atoms with Crippen LogP contribution < -0.4 is 5.32 Å². The fourth-order valence-corrected chi connectivity index (χ4v) is 4.67. The summed E-state index contributed by atoms with van der Waals surface area (Å²) in [5, 5.41) is 2.31. The summed E-state index contributed by atoms with van der Waals surface area (Å²) in [6.07, 6.45) is -4.77. The summed E-state index contributed by atoms with van der Waals surface area (Å²) in [4.78, 5) is 24.5. The molecule has 0 atom stereocenters. The van der Waals surface area contributed by atoms with Gasteiger partial charge in [0.1, 0.15) is 0 Å². The summed E-state index contributed by atoms with van der Waals surface area (Å²) < 4.78 is 76.4. The normalized spacial score (nSPS) is 15.2. The maximum Gasteiger partial charge on any atom is 0.416 e. The molecule has 1 N–H and O–H groups in total. The third kappa shape index (κ3) is 5.52. The molecule has 3 rings (SSSR count). The van der Waals surface area contributed by atoms with E-state index in [-0.39, 0.29) is 42.4 Å². The fraction of sp³-hybridized carbons (Fsp3) is 0.333. The summed E-state index contributed by atoms with van der Waals surface area (Å²) in [5.41, 5.74) is -1.48. The first-order valence-corrected chi connectivity index (χ1v) is 11.2. The number of amides is 1. The van der Waals surface area contributed by atoms with Crippen LogP contribution >= 0.6 is 0 Å².